The summed E-state index contributed by atoms with van der Waals surface area (Å²) in [6.45, 7) is 0. The van der Waals surface area contributed by atoms with E-state index in [-0.39, 0.29) is 0 Å². The largest absolute Gasteiger partial charge is 0.243 e. The Balaban J connectivity index is 2.56. The molecule has 50 valence electrons. The SMILES string of the molecule is C1=Cc2nonc2C=CC1. The molecule has 0 aliphatic heterocycles. The van der Waals surface area contributed by atoms with Crippen molar-refractivity contribution >= 4 is 12.2 Å². The van der Waals surface area contributed by atoms with Gasteiger partial charge in [-0.15, -0.1) is 0 Å². The van der Waals surface area contributed by atoms with E-state index in [0.29, 0.717) is 0 Å². The molecule has 0 atom stereocenters. The smallest absolute Gasteiger partial charge is 0.134 e. The van der Waals surface area contributed by atoms with Crippen LogP contribution in [0.25, 0.3) is 12.2 Å². The van der Waals surface area contributed by atoms with Crippen LogP contribution >= 0.6 is 0 Å². The van der Waals surface area contributed by atoms with Crippen LogP contribution < -0.4 is 0 Å². The van der Waals surface area contributed by atoms with Gasteiger partial charge in [-0.3, -0.25) is 0 Å². The highest BCUT2D eigenvalue weighted by atomic mass is 16.6. The molecule has 1 aromatic heterocycles. The molecule has 0 amide bonds. The van der Waals surface area contributed by atoms with E-state index in [2.05, 4.69) is 14.9 Å². The first kappa shape index (κ1) is 5.41. The number of hydrogen-bond acceptors (Lipinski definition) is 3. The first-order chi connectivity index (χ1) is 4.97. The third kappa shape index (κ3) is 0.757. The second kappa shape index (κ2) is 2.10. The minimum atomic E-state index is 0.814. The van der Waals surface area contributed by atoms with Gasteiger partial charge < -0.3 is 0 Å². The summed E-state index contributed by atoms with van der Waals surface area (Å²) in [6.07, 6.45) is 8.80. The Labute approximate surface area is 58.0 Å². The summed E-state index contributed by atoms with van der Waals surface area (Å²) in [5.74, 6) is 0. The molecule has 0 radical (unpaired) electrons. The van der Waals surface area contributed by atoms with Crippen LogP contribution in [0.15, 0.2) is 16.8 Å². The quantitative estimate of drug-likeness (QED) is 0.539. The van der Waals surface area contributed by atoms with Crippen LogP contribution in [0.3, 0.4) is 0 Å². The van der Waals surface area contributed by atoms with E-state index in [0.717, 1.165) is 17.8 Å². The van der Waals surface area contributed by atoms with E-state index >= 15 is 0 Å². The van der Waals surface area contributed by atoms with E-state index in [1.54, 1.807) is 0 Å². The Kier molecular flexibility index (Phi) is 1.13. The second-order valence-electron chi connectivity index (χ2n) is 2.08. The van der Waals surface area contributed by atoms with Crippen molar-refractivity contribution in [2.45, 2.75) is 6.42 Å². The van der Waals surface area contributed by atoms with Crippen LogP contribution in [0, 0.1) is 0 Å². The molecule has 0 unspecified atom stereocenters. The summed E-state index contributed by atoms with van der Waals surface area (Å²) < 4.78 is 4.52. The minimum Gasteiger partial charge on any atom is -0.243 e. The fourth-order valence-corrected chi connectivity index (χ4v) is 0.871. The Morgan fingerprint density at radius 1 is 1.10 bits per heavy atom. The van der Waals surface area contributed by atoms with Gasteiger partial charge in [0, 0.05) is 0 Å². The molecular formula is C7H6N2O. The Hall–Kier alpha value is -1.38. The summed E-state index contributed by atoms with van der Waals surface area (Å²) in [5, 5.41) is 7.39. The highest BCUT2D eigenvalue weighted by Gasteiger charge is 2.03. The molecule has 10 heavy (non-hydrogen) atoms. The molecule has 1 aliphatic rings. The maximum atomic E-state index is 4.52. The predicted molar refractivity (Wildman–Crippen MR) is 37.0 cm³/mol. The first-order valence-corrected chi connectivity index (χ1v) is 3.12. The van der Waals surface area contributed by atoms with Gasteiger partial charge in [-0.1, -0.05) is 12.2 Å². The summed E-state index contributed by atoms with van der Waals surface area (Å²) in [7, 11) is 0. The van der Waals surface area contributed by atoms with Crippen LogP contribution in [-0.2, 0) is 0 Å². The van der Waals surface area contributed by atoms with Crippen LogP contribution in [0.2, 0.25) is 0 Å². The van der Waals surface area contributed by atoms with Crippen molar-refractivity contribution < 1.29 is 4.63 Å². The summed E-state index contributed by atoms with van der Waals surface area (Å²) in [4.78, 5) is 0. The highest BCUT2D eigenvalue weighted by Crippen LogP contribution is 2.11. The number of fused-ring (bicyclic) bond motifs is 1. The van der Waals surface area contributed by atoms with Crippen molar-refractivity contribution in [3.8, 4) is 0 Å². The van der Waals surface area contributed by atoms with E-state index < -0.39 is 0 Å². The molecule has 0 bridgehead atoms. The molecule has 0 fully saturated rings. The molecule has 1 heterocycles. The van der Waals surface area contributed by atoms with Crippen LogP contribution in [0.1, 0.15) is 17.8 Å². The van der Waals surface area contributed by atoms with Crippen molar-refractivity contribution in [1.82, 2.24) is 10.3 Å². The van der Waals surface area contributed by atoms with Crippen molar-refractivity contribution in [2.75, 3.05) is 0 Å². The Morgan fingerprint density at radius 2 is 1.70 bits per heavy atom. The standard InChI is InChI=1S/C7H6N2O/c1-2-4-6-7(5-3-1)9-10-8-6/h2-5H,1H2. The molecular weight excluding hydrogens is 128 g/mol. The normalized spacial score (nSPS) is 14.8. The van der Waals surface area contributed by atoms with Crippen molar-refractivity contribution in [3.63, 3.8) is 0 Å². The fourth-order valence-electron chi connectivity index (χ4n) is 0.871. The monoisotopic (exact) mass is 134 g/mol. The van der Waals surface area contributed by atoms with Gasteiger partial charge in [0.05, 0.1) is 0 Å². The van der Waals surface area contributed by atoms with Gasteiger partial charge in [0.25, 0.3) is 0 Å². The van der Waals surface area contributed by atoms with E-state index in [4.69, 9.17) is 0 Å². The Bertz CT molecular complexity index is 259. The Morgan fingerprint density at radius 3 is 2.30 bits per heavy atom. The zero-order chi connectivity index (χ0) is 6.81. The molecule has 0 spiro atoms. The lowest BCUT2D eigenvalue weighted by Gasteiger charge is -1.77. The summed E-state index contributed by atoms with van der Waals surface area (Å²) in [6, 6.07) is 0. The first-order valence-electron chi connectivity index (χ1n) is 3.12. The third-order valence-electron chi connectivity index (χ3n) is 1.36. The number of aromatic nitrogens is 2. The molecule has 2 rings (SSSR count). The zero-order valence-electron chi connectivity index (χ0n) is 5.32. The van der Waals surface area contributed by atoms with Gasteiger partial charge in [0.2, 0.25) is 0 Å². The van der Waals surface area contributed by atoms with Crippen molar-refractivity contribution in [2.24, 2.45) is 0 Å². The third-order valence-corrected chi connectivity index (χ3v) is 1.36. The molecule has 0 saturated carbocycles. The molecule has 0 aromatic carbocycles. The van der Waals surface area contributed by atoms with Gasteiger partial charge >= 0.3 is 0 Å². The fraction of sp³-hybridized carbons (Fsp3) is 0.143. The van der Waals surface area contributed by atoms with E-state index in [9.17, 15) is 0 Å². The average molecular weight is 134 g/mol. The molecule has 0 N–H and O–H groups in total. The molecule has 1 aliphatic carbocycles. The minimum absolute atomic E-state index is 0.814. The zero-order valence-corrected chi connectivity index (χ0v) is 5.32. The number of hydrogen-bond donors (Lipinski definition) is 0. The van der Waals surface area contributed by atoms with Crippen LogP contribution in [0.4, 0.5) is 0 Å². The van der Waals surface area contributed by atoms with Crippen LogP contribution in [0.5, 0.6) is 0 Å². The lowest BCUT2D eigenvalue weighted by atomic mass is 10.3. The number of rotatable bonds is 0. The van der Waals surface area contributed by atoms with Gasteiger partial charge in [-0.2, -0.15) is 0 Å². The maximum Gasteiger partial charge on any atom is 0.134 e. The summed E-state index contributed by atoms with van der Waals surface area (Å²) in [5.41, 5.74) is 1.63. The van der Waals surface area contributed by atoms with E-state index in [1.807, 2.05) is 24.3 Å². The molecule has 0 saturated heterocycles. The summed E-state index contributed by atoms with van der Waals surface area (Å²) >= 11 is 0. The average Bonchev–Trinajstić information content (AvgIpc) is 2.28. The van der Waals surface area contributed by atoms with Gasteiger partial charge in [0.15, 0.2) is 0 Å². The van der Waals surface area contributed by atoms with Crippen LogP contribution in [-0.4, -0.2) is 10.3 Å². The predicted octanol–water partition coefficient (Wildman–Crippen LogP) is 1.50. The molecule has 1 aromatic rings. The van der Waals surface area contributed by atoms with E-state index in [1.165, 1.54) is 0 Å². The van der Waals surface area contributed by atoms with Gasteiger partial charge in [-0.25, -0.2) is 4.63 Å². The number of nitrogens with zero attached hydrogens (tertiary/aromatic N) is 2. The van der Waals surface area contributed by atoms with Gasteiger partial charge in [-0.05, 0) is 28.9 Å². The van der Waals surface area contributed by atoms with Gasteiger partial charge in [0.1, 0.15) is 11.4 Å². The van der Waals surface area contributed by atoms with Crippen molar-refractivity contribution in [3.05, 3.63) is 23.5 Å². The molecule has 3 nitrogen and oxygen atoms in total. The van der Waals surface area contributed by atoms with Crippen molar-refractivity contribution in [1.29, 1.82) is 0 Å². The highest BCUT2D eigenvalue weighted by molar-refractivity contribution is 5.60. The molecule has 3 heteroatoms. The lowest BCUT2D eigenvalue weighted by Crippen LogP contribution is -1.73. The number of allylic oxidation sites excluding steroid dienone is 2. The lowest BCUT2D eigenvalue weighted by molar-refractivity contribution is 0.305. The maximum absolute atomic E-state index is 4.52. The topological polar surface area (TPSA) is 38.9 Å². The second-order valence-corrected chi connectivity index (χ2v) is 2.08.